The number of rotatable bonds is 7. The van der Waals surface area contributed by atoms with Crippen molar-refractivity contribution >= 4 is 29.1 Å². The Balaban J connectivity index is 1.35. The molecule has 0 aromatic heterocycles. The number of anilines is 2. The Morgan fingerprint density at radius 3 is 2.15 bits per heavy atom. The second-order valence-electron chi connectivity index (χ2n) is 10.7. The van der Waals surface area contributed by atoms with E-state index in [0.717, 1.165) is 36.9 Å². The number of nitrogens with one attached hydrogen (secondary N) is 1. The van der Waals surface area contributed by atoms with Crippen LogP contribution in [-0.2, 0) is 4.79 Å². The molecule has 0 radical (unpaired) electrons. The molecule has 2 aliphatic rings. The Morgan fingerprint density at radius 1 is 0.780 bits per heavy atom. The Bertz CT molecular complexity index is 1380. The third-order valence-corrected chi connectivity index (χ3v) is 8.09. The van der Waals surface area contributed by atoms with Gasteiger partial charge in [-0.1, -0.05) is 49.4 Å². The first-order chi connectivity index (χ1) is 20.0. The maximum Gasteiger partial charge on any atom is 0.258 e. The topological polar surface area (TPSA) is 73.0 Å². The first kappa shape index (κ1) is 28.3. The minimum atomic E-state index is -0.601. The van der Waals surface area contributed by atoms with Gasteiger partial charge in [-0.25, -0.2) is 4.39 Å². The van der Waals surface area contributed by atoms with Crippen LogP contribution in [0, 0.1) is 5.82 Å². The molecule has 0 unspecified atom stereocenters. The van der Waals surface area contributed by atoms with Crippen LogP contribution < -0.4 is 10.2 Å². The van der Waals surface area contributed by atoms with E-state index in [9.17, 15) is 18.8 Å². The molecule has 3 aromatic rings. The van der Waals surface area contributed by atoms with Crippen LogP contribution in [0.15, 0.2) is 72.8 Å². The number of hydrogen-bond donors (Lipinski definition) is 1. The molecule has 1 atom stereocenters. The number of likely N-dealkylation sites (tertiary alicyclic amines) is 1. The van der Waals surface area contributed by atoms with Crippen LogP contribution in [0.25, 0.3) is 0 Å². The van der Waals surface area contributed by atoms with Gasteiger partial charge in [0.1, 0.15) is 5.82 Å². The molecule has 5 rings (SSSR count). The van der Waals surface area contributed by atoms with E-state index >= 15 is 0 Å². The average Bonchev–Trinajstić information content (AvgIpc) is 3.02. The summed E-state index contributed by atoms with van der Waals surface area (Å²) in [6, 6.07) is 21.0. The molecule has 214 valence electrons. The van der Waals surface area contributed by atoms with Crippen molar-refractivity contribution in [2.45, 2.75) is 38.5 Å². The van der Waals surface area contributed by atoms with Gasteiger partial charge >= 0.3 is 0 Å². The van der Waals surface area contributed by atoms with Gasteiger partial charge in [-0.3, -0.25) is 14.4 Å². The van der Waals surface area contributed by atoms with E-state index < -0.39 is 11.7 Å². The molecule has 8 heteroatoms. The summed E-state index contributed by atoms with van der Waals surface area (Å²) >= 11 is 0. The summed E-state index contributed by atoms with van der Waals surface area (Å²) < 4.78 is 14.2. The lowest BCUT2D eigenvalue weighted by Gasteiger charge is -2.38. The predicted octanol–water partition coefficient (Wildman–Crippen LogP) is 5.55. The fraction of sp³-hybridized carbons (Fsp3) is 0.364. The van der Waals surface area contributed by atoms with Gasteiger partial charge in [-0.05, 0) is 61.6 Å². The Labute approximate surface area is 240 Å². The predicted molar refractivity (Wildman–Crippen MR) is 159 cm³/mol. The highest BCUT2D eigenvalue weighted by atomic mass is 19.1. The van der Waals surface area contributed by atoms with E-state index in [4.69, 9.17) is 0 Å². The van der Waals surface area contributed by atoms with Crippen LogP contribution in [0.3, 0.4) is 0 Å². The van der Waals surface area contributed by atoms with Crippen LogP contribution in [0.4, 0.5) is 15.8 Å². The van der Waals surface area contributed by atoms with Crippen LogP contribution in [0.2, 0.25) is 0 Å². The van der Waals surface area contributed by atoms with Gasteiger partial charge < -0.3 is 20.0 Å². The zero-order valence-corrected chi connectivity index (χ0v) is 23.5. The van der Waals surface area contributed by atoms with Gasteiger partial charge in [0.25, 0.3) is 11.8 Å². The van der Waals surface area contributed by atoms with Gasteiger partial charge in [-0.15, -0.1) is 0 Å². The van der Waals surface area contributed by atoms with Crippen LogP contribution in [0.1, 0.15) is 64.8 Å². The molecule has 41 heavy (non-hydrogen) atoms. The quantitative estimate of drug-likeness (QED) is 0.415. The summed E-state index contributed by atoms with van der Waals surface area (Å²) in [5.41, 5.74) is 2.71. The zero-order valence-electron chi connectivity index (χ0n) is 23.5. The summed E-state index contributed by atoms with van der Waals surface area (Å²) in [5, 5.41) is 2.76. The fourth-order valence-corrected chi connectivity index (χ4v) is 5.80. The highest BCUT2D eigenvalue weighted by Crippen LogP contribution is 2.30. The standard InChI is InChI=1S/C33H37FN4O3/c1-2-26(24-11-5-3-6-12-24)32(40)38-21-19-36(20-22-38)30-16-15-25(35-31(39)27-13-7-8-14-29(27)34)23-28(30)33(41)37-17-9-4-10-18-37/h3,5-8,11-16,23,26H,2,4,9-10,17-22H2,1H3,(H,35,39)/t26-/m1/s1. The molecule has 2 aliphatic heterocycles. The van der Waals surface area contributed by atoms with Crippen molar-refractivity contribution in [3.8, 4) is 0 Å². The number of piperazine rings is 1. The number of carbonyl (C=O) groups is 3. The lowest BCUT2D eigenvalue weighted by molar-refractivity contribution is -0.133. The van der Waals surface area contributed by atoms with E-state index in [0.29, 0.717) is 50.5 Å². The van der Waals surface area contributed by atoms with Crippen molar-refractivity contribution < 1.29 is 18.8 Å². The maximum absolute atomic E-state index is 14.2. The smallest absolute Gasteiger partial charge is 0.258 e. The van der Waals surface area contributed by atoms with Crippen molar-refractivity contribution in [2.75, 3.05) is 49.5 Å². The lowest BCUT2D eigenvalue weighted by atomic mass is 9.94. The minimum absolute atomic E-state index is 0.0536. The number of hydrogen-bond acceptors (Lipinski definition) is 4. The van der Waals surface area contributed by atoms with Gasteiger partial charge in [0.15, 0.2) is 0 Å². The molecule has 0 bridgehead atoms. The highest BCUT2D eigenvalue weighted by molar-refractivity contribution is 6.06. The fourth-order valence-electron chi connectivity index (χ4n) is 5.80. The number of nitrogens with zero attached hydrogens (tertiary/aromatic N) is 3. The summed E-state index contributed by atoms with van der Waals surface area (Å²) in [6.07, 6.45) is 3.77. The van der Waals surface area contributed by atoms with Crippen molar-refractivity contribution in [1.82, 2.24) is 9.80 Å². The SMILES string of the molecule is CC[C@@H](C(=O)N1CCN(c2ccc(NC(=O)c3ccccc3F)cc2C(=O)N2CCCCC2)CC1)c1ccccc1. The van der Waals surface area contributed by atoms with E-state index in [1.54, 1.807) is 18.2 Å². The van der Waals surface area contributed by atoms with E-state index in [1.165, 1.54) is 18.2 Å². The molecule has 2 saturated heterocycles. The van der Waals surface area contributed by atoms with Gasteiger partial charge in [0.05, 0.1) is 17.0 Å². The van der Waals surface area contributed by atoms with E-state index in [1.807, 2.05) is 53.1 Å². The van der Waals surface area contributed by atoms with Crippen LogP contribution in [0.5, 0.6) is 0 Å². The molecule has 0 saturated carbocycles. The van der Waals surface area contributed by atoms with Gasteiger partial charge in [0.2, 0.25) is 5.91 Å². The van der Waals surface area contributed by atoms with Crippen LogP contribution in [-0.4, -0.2) is 66.8 Å². The first-order valence-electron chi connectivity index (χ1n) is 14.5. The molecule has 7 nitrogen and oxygen atoms in total. The van der Waals surface area contributed by atoms with E-state index in [-0.39, 0.29) is 23.3 Å². The second kappa shape index (κ2) is 13.0. The molecule has 0 spiro atoms. The summed E-state index contributed by atoms with van der Waals surface area (Å²) in [4.78, 5) is 45.9. The summed E-state index contributed by atoms with van der Waals surface area (Å²) in [6.45, 7) is 5.75. The van der Waals surface area contributed by atoms with E-state index in [2.05, 4.69) is 10.2 Å². The Morgan fingerprint density at radius 2 is 1.46 bits per heavy atom. The zero-order chi connectivity index (χ0) is 28.8. The molecule has 0 aliphatic carbocycles. The number of amides is 3. The second-order valence-corrected chi connectivity index (χ2v) is 10.7. The van der Waals surface area contributed by atoms with Gasteiger partial charge in [-0.2, -0.15) is 0 Å². The molecular formula is C33H37FN4O3. The van der Waals surface area contributed by atoms with Crippen molar-refractivity contribution in [1.29, 1.82) is 0 Å². The minimum Gasteiger partial charge on any atom is -0.367 e. The normalized spacial score (nSPS) is 16.3. The molecule has 1 N–H and O–H groups in total. The molecule has 2 heterocycles. The third-order valence-electron chi connectivity index (χ3n) is 8.09. The molecule has 3 aromatic carbocycles. The maximum atomic E-state index is 14.2. The number of halogens is 1. The number of carbonyl (C=O) groups excluding carboxylic acids is 3. The largest absolute Gasteiger partial charge is 0.367 e. The first-order valence-corrected chi connectivity index (χ1v) is 14.5. The summed E-state index contributed by atoms with van der Waals surface area (Å²) in [5.74, 6) is -1.28. The van der Waals surface area contributed by atoms with Crippen molar-refractivity contribution in [3.05, 3.63) is 95.3 Å². The third kappa shape index (κ3) is 6.42. The highest BCUT2D eigenvalue weighted by Gasteiger charge is 2.30. The number of piperidine rings is 1. The average molecular weight is 557 g/mol. The lowest BCUT2D eigenvalue weighted by Crippen LogP contribution is -2.50. The summed E-state index contributed by atoms with van der Waals surface area (Å²) in [7, 11) is 0. The van der Waals surface area contributed by atoms with Crippen LogP contribution >= 0.6 is 0 Å². The molecular weight excluding hydrogens is 519 g/mol. The van der Waals surface area contributed by atoms with Crippen molar-refractivity contribution in [2.24, 2.45) is 0 Å². The number of benzene rings is 3. The molecule has 2 fully saturated rings. The van der Waals surface area contributed by atoms with Crippen molar-refractivity contribution in [3.63, 3.8) is 0 Å². The molecule has 3 amide bonds. The Kier molecular flexibility index (Phi) is 8.97. The van der Waals surface area contributed by atoms with Gasteiger partial charge in [0, 0.05) is 50.6 Å². The Hall–Kier alpha value is -4.20. The monoisotopic (exact) mass is 556 g/mol.